The minimum atomic E-state index is -1.17. The van der Waals surface area contributed by atoms with Crippen molar-refractivity contribution >= 4 is 23.3 Å². The molecule has 1 atom stereocenters. The first-order valence-corrected chi connectivity index (χ1v) is 13.5. The molecule has 0 spiro atoms. The fraction of sp³-hybridized carbons (Fsp3) is 0.310. The molecule has 12 nitrogen and oxygen atoms in total. The Bertz CT molecular complexity index is 1740. The zero-order valence-corrected chi connectivity index (χ0v) is 23.5. The molecule has 0 radical (unpaired) electrons. The SMILES string of the molecule is CC(C)(C(=O)O)n1cc(-c2cc3c(N4CCN(c5ncc([C@@](C)(N)c6ccc(F)cc6)cn5)CC4)ncnn3c2)cn1. The van der Waals surface area contributed by atoms with E-state index in [4.69, 9.17) is 5.73 Å². The molecule has 3 N–H and O–H groups in total. The summed E-state index contributed by atoms with van der Waals surface area (Å²) in [6, 6.07) is 8.13. The maximum Gasteiger partial charge on any atom is 0.331 e. The number of carbonyl (C=O) groups is 1. The van der Waals surface area contributed by atoms with Crippen LogP contribution < -0.4 is 15.5 Å². The van der Waals surface area contributed by atoms with Crippen LogP contribution in [0.4, 0.5) is 16.2 Å². The number of fused-ring (bicyclic) bond motifs is 1. The van der Waals surface area contributed by atoms with Gasteiger partial charge in [0.1, 0.15) is 17.7 Å². The molecule has 5 heterocycles. The maximum atomic E-state index is 13.4. The van der Waals surface area contributed by atoms with Crippen molar-refractivity contribution in [2.75, 3.05) is 36.0 Å². The van der Waals surface area contributed by atoms with Crippen LogP contribution in [-0.4, -0.2) is 71.6 Å². The molecule has 0 amide bonds. The van der Waals surface area contributed by atoms with Crippen LogP contribution in [0, 0.1) is 5.82 Å². The molecule has 1 aliphatic rings. The Morgan fingerprint density at radius 3 is 2.21 bits per heavy atom. The summed E-state index contributed by atoms with van der Waals surface area (Å²) in [4.78, 5) is 29.7. The van der Waals surface area contributed by atoms with Crippen molar-refractivity contribution in [3.63, 3.8) is 0 Å². The van der Waals surface area contributed by atoms with Crippen LogP contribution in [0.25, 0.3) is 16.6 Å². The number of aliphatic carboxylic acids is 1. The van der Waals surface area contributed by atoms with E-state index < -0.39 is 17.0 Å². The molecule has 1 aliphatic heterocycles. The highest BCUT2D eigenvalue weighted by molar-refractivity contribution is 5.78. The van der Waals surface area contributed by atoms with E-state index >= 15 is 0 Å². The van der Waals surface area contributed by atoms with Gasteiger partial charge in [0, 0.05) is 67.7 Å². The third kappa shape index (κ3) is 4.81. The van der Waals surface area contributed by atoms with Gasteiger partial charge in [-0.1, -0.05) is 12.1 Å². The Labute approximate surface area is 241 Å². The zero-order valence-electron chi connectivity index (χ0n) is 23.5. The van der Waals surface area contributed by atoms with Gasteiger partial charge in [0.15, 0.2) is 11.4 Å². The van der Waals surface area contributed by atoms with Gasteiger partial charge in [-0.3, -0.25) is 4.68 Å². The first-order valence-electron chi connectivity index (χ1n) is 13.5. The Morgan fingerprint density at radius 2 is 1.55 bits per heavy atom. The van der Waals surface area contributed by atoms with Gasteiger partial charge in [0.05, 0.1) is 11.7 Å². The van der Waals surface area contributed by atoms with Crippen molar-refractivity contribution in [1.29, 1.82) is 0 Å². The summed E-state index contributed by atoms with van der Waals surface area (Å²) in [5, 5.41) is 18.2. The predicted octanol–water partition coefficient (Wildman–Crippen LogP) is 2.89. The topological polar surface area (TPSA) is 144 Å². The zero-order chi connectivity index (χ0) is 29.6. The van der Waals surface area contributed by atoms with Gasteiger partial charge >= 0.3 is 5.97 Å². The second-order valence-electron chi connectivity index (χ2n) is 11.1. The Kier molecular flexibility index (Phi) is 6.61. The highest BCUT2D eigenvalue weighted by Crippen LogP contribution is 2.30. The maximum absolute atomic E-state index is 13.4. The second-order valence-corrected chi connectivity index (χ2v) is 11.1. The van der Waals surface area contributed by atoms with E-state index in [-0.39, 0.29) is 5.82 Å². The second kappa shape index (κ2) is 10.2. The number of carboxylic acids is 1. The minimum absolute atomic E-state index is 0.311. The molecule has 1 aromatic carbocycles. The van der Waals surface area contributed by atoms with Crippen LogP contribution in [0.15, 0.2) is 67.6 Å². The molecule has 6 rings (SSSR count). The molecular formula is C29H31FN10O2. The van der Waals surface area contributed by atoms with E-state index in [1.165, 1.54) is 23.1 Å². The van der Waals surface area contributed by atoms with E-state index in [1.54, 1.807) is 55.3 Å². The number of halogens is 1. The Morgan fingerprint density at radius 1 is 0.881 bits per heavy atom. The summed E-state index contributed by atoms with van der Waals surface area (Å²) in [6.07, 6.45) is 10.3. The van der Waals surface area contributed by atoms with E-state index in [1.807, 2.05) is 19.2 Å². The average Bonchev–Trinajstić information content (AvgIpc) is 3.66. The number of benzene rings is 1. The molecule has 13 heteroatoms. The van der Waals surface area contributed by atoms with Gasteiger partial charge in [-0.15, -0.1) is 0 Å². The molecule has 0 unspecified atom stereocenters. The molecule has 0 bridgehead atoms. The quantitative estimate of drug-likeness (QED) is 0.300. The number of carboxylic acid groups (broad SMARTS) is 1. The van der Waals surface area contributed by atoms with Crippen LogP contribution in [0.1, 0.15) is 31.9 Å². The number of hydrogen-bond donors (Lipinski definition) is 2. The first-order chi connectivity index (χ1) is 20.0. The van der Waals surface area contributed by atoms with E-state index in [9.17, 15) is 14.3 Å². The fourth-order valence-electron chi connectivity index (χ4n) is 5.03. The number of nitrogens with two attached hydrogens (primary N) is 1. The lowest BCUT2D eigenvalue weighted by atomic mass is 9.87. The molecule has 4 aromatic heterocycles. The van der Waals surface area contributed by atoms with Crippen molar-refractivity contribution in [3.05, 3.63) is 84.6 Å². The Hall–Kier alpha value is -4.91. The van der Waals surface area contributed by atoms with Crippen LogP contribution in [0.3, 0.4) is 0 Å². The predicted molar refractivity (Wildman–Crippen MR) is 155 cm³/mol. The van der Waals surface area contributed by atoms with E-state index in [2.05, 4.69) is 34.9 Å². The van der Waals surface area contributed by atoms with Gasteiger partial charge in [-0.05, 0) is 44.5 Å². The summed E-state index contributed by atoms with van der Waals surface area (Å²) in [7, 11) is 0. The van der Waals surface area contributed by atoms with E-state index in [0.717, 1.165) is 33.6 Å². The van der Waals surface area contributed by atoms with E-state index in [0.29, 0.717) is 32.1 Å². The van der Waals surface area contributed by atoms with Crippen LogP contribution in [0.5, 0.6) is 0 Å². The van der Waals surface area contributed by atoms with Crippen molar-refractivity contribution in [3.8, 4) is 11.1 Å². The molecule has 216 valence electrons. The number of hydrogen-bond acceptors (Lipinski definition) is 9. The summed E-state index contributed by atoms with van der Waals surface area (Å²) < 4.78 is 16.6. The van der Waals surface area contributed by atoms with Gasteiger partial charge in [0.25, 0.3) is 0 Å². The summed E-state index contributed by atoms with van der Waals surface area (Å²) in [6.45, 7) is 7.86. The molecule has 5 aromatic rings. The fourth-order valence-corrected chi connectivity index (χ4v) is 5.03. The van der Waals surface area contributed by atoms with Gasteiger partial charge in [0.2, 0.25) is 5.95 Å². The molecule has 1 saturated heterocycles. The van der Waals surface area contributed by atoms with Crippen LogP contribution in [-0.2, 0) is 15.9 Å². The minimum Gasteiger partial charge on any atom is -0.479 e. The molecule has 0 aliphatic carbocycles. The summed E-state index contributed by atoms with van der Waals surface area (Å²) in [5.41, 5.74) is 8.56. The summed E-state index contributed by atoms with van der Waals surface area (Å²) >= 11 is 0. The standard InChI is InChI=1S/C29H31FN10O2/c1-28(2,26(41)42)40-17-20(13-35-40)19-12-24-25(34-18-36-39(24)16-19)37-8-10-38(11-9-37)27-32-14-22(15-33-27)29(3,31)21-4-6-23(30)7-5-21/h4-7,12-18H,8-11,31H2,1-3H3,(H,41,42)/t29-/m0/s1. The van der Waals surface area contributed by atoms with Crippen LogP contribution >= 0.6 is 0 Å². The highest BCUT2D eigenvalue weighted by Gasteiger charge is 2.31. The van der Waals surface area contributed by atoms with Gasteiger partial charge < -0.3 is 20.6 Å². The smallest absolute Gasteiger partial charge is 0.331 e. The molecule has 0 saturated carbocycles. The number of aromatic nitrogens is 7. The normalized spacial score (nSPS) is 15.6. The van der Waals surface area contributed by atoms with Crippen molar-refractivity contribution in [2.24, 2.45) is 5.73 Å². The number of nitrogens with zero attached hydrogens (tertiary/aromatic N) is 9. The molecule has 42 heavy (non-hydrogen) atoms. The van der Waals surface area contributed by atoms with Crippen LogP contribution in [0.2, 0.25) is 0 Å². The first kappa shape index (κ1) is 27.3. The molecule has 1 fully saturated rings. The average molecular weight is 571 g/mol. The lowest BCUT2D eigenvalue weighted by Gasteiger charge is -2.35. The monoisotopic (exact) mass is 570 g/mol. The van der Waals surface area contributed by atoms with Gasteiger partial charge in [-0.2, -0.15) is 10.2 Å². The van der Waals surface area contributed by atoms with Gasteiger partial charge in [-0.25, -0.2) is 28.7 Å². The third-order valence-corrected chi connectivity index (χ3v) is 7.94. The van der Waals surface area contributed by atoms with Crippen molar-refractivity contribution in [1.82, 2.24) is 34.3 Å². The molecular weight excluding hydrogens is 539 g/mol. The van der Waals surface area contributed by atoms with Crippen molar-refractivity contribution < 1.29 is 14.3 Å². The number of piperazine rings is 1. The summed E-state index contributed by atoms with van der Waals surface area (Å²) in [5.74, 6) is 0.154. The largest absolute Gasteiger partial charge is 0.479 e. The highest BCUT2D eigenvalue weighted by atomic mass is 19.1. The lowest BCUT2D eigenvalue weighted by Crippen LogP contribution is -2.47. The van der Waals surface area contributed by atoms with Crippen molar-refractivity contribution in [2.45, 2.75) is 31.8 Å². The number of rotatable bonds is 7. The third-order valence-electron chi connectivity index (χ3n) is 7.94. The lowest BCUT2D eigenvalue weighted by molar-refractivity contribution is -0.146. The number of anilines is 2. The Balaban J connectivity index is 1.16.